The molecule has 196 valence electrons. The van der Waals surface area contributed by atoms with Gasteiger partial charge < -0.3 is 4.90 Å². The molecule has 0 spiro atoms. The summed E-state index contributed by atoms with van der Waals surface area (Å²) < 4.78 is 0. The highest BCUT2D eigenvalue weighted by molar-refractivity contribution is 7.18. The number of anilines is 1. The number of amides is 5. The minimum atomic E-state index is -0.765. The van der Waals surface area contributed by atoms with E-state index in [0.717, 1.165) is 64.2 Å². The first-order chi connectivity index (χ1) is 18.3. The molecule has 1 N–H and O–H groups in total. The largest absolute Gasteiger partial charge is 0.355 e. The number of hydrazine groups is 1. The second-order valence-corrected chi connectivity index (χ2v) is 11.0. The van der Waals surface area contributed by atoms with Crippen LogP contribution in [0.1, 0.15) is 49.6 Å². The molecule has 3 aliphatic heterocycles. The number of aromatic nitrogens is 2. The van der Waals surface area contributed by atoms with Crippen LogP contribution in [0.3, 0.4) is 0 Å². The number of rotatable bonds is 4. The molecular weight excluding hydrogens is 506 g/mol. The van der Waals surface area contributed by atoms with Crippen molar-refractivity contribution in [3.05, 3.63) is 51.7 Å². The van der Waals surface area contributed by atoms with Crippen molar-refractivity contribution >= 4 is 51.1 Å². The van der Waals surface area contributed by atoms with Crippen molar-refractivity contribution in [1.82, 2.24) is 30.2 Å². The number of fused-ring (bicyclic) bond motifs is 2. The molecule has 3 aromatic rings. The maximum Gasteiger partial charge on any atom is 0.343 e. The maximum atomic E-state index is 13.1. The van der Waals surface area contributed by atoms with Crippen LogP contribution in [0.25, 0.3) is 10.2 Å². The van der Waals surface area contributed by atoms with Gasteiger partial charge in [0.15, 0.2) is 0 Å². The molecule has 0 radical (unpaired) electrons. The minimum Gasteiger partial charge on any atom is -0.355 e. The molecule has 1 aromatic carbocycles. The second kappa shape index (κ2) is 9.44. The van der Waals surface area contributed by atoms with Crippen LogP contribution in [0.15, 0.2) is 24.5 Å². The third-order valence-electron chi connectivity index (χ3n) is 7.44. The number of carbonyl (C=O) groups excluding carboxylic acids is 4. The molecule has 5 amide bonds. The van der Waals surface area contributed by atoms with E-state index in [9.17, 15) is 19.2 Å². The van der Waals surface area contributed by atoms with Gasteiger partial charge in [0.2, 0.25) is 5.91 Å². The number of thiophene rings is 1. The average molecular weight is 534 g/mol. The molecule has 0 unspecified atom stereocenters. The molecule has 2 saturated heterocycles. The van der Waals surface area contributed by atoms with Crippen molar-refractivity contribution in [3.8, 4) is 0 Å². The Labute approximate surface area is 223 Å². The predicted molar refractivity (Wildman–Crippen MR) is 141 cm³/mol. The summed E-state index contributed by atoms with van der Waals surface area (Å²) in [5, 5.41) is 5.15. The van der Waals surface area contributed by atoms with Crippen LogP contribution < -0.4 is 10.2 Å². The van der Waals surface area contributed by atoms with Crippen molar-refractivity contribution in [1.29, 1.82) is 0 Å². The fourth-order valence-corrected chi connectivity index (χ4v) is 6.33. The topological polar surface area (TPSA) is 119 Å². The molecule has 0 bridgehead atoms. The van der Waals surface area contributed by atoms with Gasteiger partial charge in [0.1, 0.15) is 17.0 Å². The highest BCUT2D eigenvalue weighted by atomic mass is 32.1. The molecule has 2 fully saturated rings. The van der Waals surface area contributed by atoms with E-state index in [-0.39, 0.29) is 24.1 Å². The van der Waals surface area contributed by atoms with E-state index in [1.54, 1.807) is 29.8 Å². The number of urea groups is 1. The van der Waals surface area contributed by atoms with E-state index in [2.05, 4.69) is 38.9 Å². The zero-order valence-corrected chi connectivity index (χ0v) is 22.0. The molecular formula is C26H27N7O4S. The predicted octanol–water partition coefficient (Wildman–Crippen LogP) is 2.47. The lowest BCUT2D eigenvalue weighted by Crippen LogP contribution is -2.58. The number of nitrogens with one attached hydrogen (secondary N) is 1. The first-order valence-electron chi connectivity index (χ1n) is 12.6. The molecule has 38 heavy (non-hydrogen) atoms. The Balaban J connectivity index is 1.16. The van der Waals surface area contributed by atoms with Gasteiger partial charge in [-0.2, -0.15) is 5.01 Å². The quantitative estimate of drug-likeness (QED) is 0.508. The minimum absolute atomic E-state index is 0.0175. The van der Waals surface area contributed by atoms with Crippen molar-refractivity contribution in [2.24, 2.45) is 0 Å². The molecule has 3 aliphatic rings. The van der Waals surface area contributed by atoms with Crippen LogP contribution in [0, 0.1) is 13.8 Å². The first-order valence-corrected chi connectivity index (χ1v) is 13.4. The Hall–Kier alpha value is -3.90. The average Bonchev–Trinajstić information content (AvgIpc) is 3.19. The van der Waals surface area contributed by atoms with Crippen molar-refractivity contribution < 1.29 is 19.2 Å². The third kappa shape index (κ3) is 4.09. The fourth-order valence-electron chi connectivity index (χ4n) is 5.34. The smallest absolute Gasteiger partial charge is 0.343 e. The highest BCUT2D eigenvalue weighted by Crippen LogP contribution is 2.34. The second-order valence-electron chi connectivity index (χ2n) is 9.81. The van der Waals surface area contributed by atoms with Crippen LogP contribution >= 0.6 is 11.3 Å². The fraction of sp³-hybridized carbons (Fsp3) is 0.385. The molecule has 12 heteroatoms. The number of imide groups is 2. The van der Waals surface area contributed by atoms with Gasteiger partial charge in [-0.3, -0.25) is 24.6 Å². The van der Waals surface area contributed by atoms with Gasteiger partial charge in [0.25, 0.3) is 11.8 Å². The van der Waals surface area contributed by atoms with E-state index in [1.165, 1.54) is 10.4 Å². The molecule has 5 heterocycles. The zero-order chi connectivity index (χ0) is 26.6. The monoisotopic (exact) mass is 533 g/mol. The number of nitrogens with zero attached hydrogens (tertiary/aromatic N) is 6. The van der Waals surface area contributed by atoms with Crippen molar-refractivity contribution in [2.75, 3.05) is 37.6 Å². The van der Waals surface area contributed by atoms with Crippen LogP contribution in [-0.2, 0) is 11.3 Å². The summed E-state index contributed by atoms with van der Waals surface area (Å²) in [5.74, 6) is -0.538. The van der Waals surface area contributed by atoms with Gasteiger partial charge in [-0.05, 0) is 43.5 Å². The summed E-state index contributed by atoms with van der Waals surface area (Å²) in [6, 6.07) is 4.50. The van der Waals surface area contributed by atoms with Gasteiger partial charge in [-0.15, -0.1) is 11.3 Å². The van der Waals surface area contributed by atoms with Crippen LogP contribution in [-0.4, -0.2) is 81.4 Å². The zero-order valence-electron chi connectivity index (χ0n) is 21.2. The Morgan fingerprint density at radius 2 is 1.76 bits per heavy atom. The summed E-state index contributed by atoms with van der Waals surface area (Å²) in [5.41, 5.74) is 2.70. The Bertz CT molecular complexity index is 1500. The Morgan fingerprint density at radius 3 is 2.58 bits per heavy atom. The van der Waals surface area contributed by atoms with Gasteiger partial charge in [-0.1, -0.05) is 6.07 Å². The van der Waals surface area contributed by atoms with Gasteiger partial charge in [-0.25, -0.2) is 19.8 Å². The van der Waals surface area contributed by atoms with Crippen LogP contribution in [0.2, 0.25) is 0 Å². The van der Waals surface area contributed by atoms with E-state index in [1.807, 2.05) is 6.07 Å². The molecule has 6 rings (SSSR count). The van der Waals surface area contributed by atoms with Gasteiger partial charge >= 0.3 is 6.03 Å². The van der Waals surface area contributed by atoms with Gasteiger partial charge in [0.05, 0.1) is 23.1 Å². The molecule has 0 saturated carbocycles. The Morgan fingerprint density at radius 1 is 0.947 bits per heavy atom. The number of hydrogen-bond acceptors (Lipinski definition) is 9. The normalized spacial score (nSPS) is 18.8. The molecule has 11 nitrogen and oxygen atoms in total. The summed E-state index contributed by atoms with van der Waals surface area (Å²) in [7, 11) is 0. The number of hydrogen-bond donors (Lipinski definition) is 1. The SMILES string of the molecule is Cc1sc2ncnc(N3CCCN(Cc4ccc5c(c4)C(=O)N(N4CCC(=O)NC4=O)C5=O)CC3)c2c1C. The number of carbonyl (C=O) groups is 4. The molecule has 0 atom stereocenters. The molecule has 0 aliphatic carbocycles. The van der Waals surface area contributed by atoms with E-state index in [0.29, 0.717) is 6.54 Å². The van der Waals surface area contributed by atoms with Crippen LogP contribution in [0.5, 0.6) is 0 Å². The molecule has 2 aromatic heterocycles. The van der Waals surface area contributed by atoms with Crippen molar-refractivity contribution in [3.63, 3.8) is 0 Å². The number of aryl methyl sites for hydroxylation is 2. The van der Waals surface area contributed by atoms with Crippen molar-refractivity contribution in [2.45, 2.75) is 33.2 Å². The number of benzene rings is 1. The lowest BCUT2D eigenvalue weighted by molar-refractivity contribution is -0.122. The van der Waals surface area contributed by atoms with E-state index >= 15 is 0 Å². The summed E-state index contributed by atoms with van der Waals surface area (Å²) in [4.78, 5) is 65.9. The van der Waals surface area contributed by atoms with E-state index in [4.69, 9.17) is 0 Å². The third-order valence-corrected chi connectivity index (χ3v) is 8.56. The standard InChI is InChI=1S/C26H27N7O4S/c1-15-16(2)38-23-21(15)22(27-14-28-23)31-8-3-7-30(10-11-31)13-17-4-5-18-19(12-17)25(36)33(24(18)35)32-9-6-20(34)29-26(32)37/h4-5,12,14H,3,6-11,13H2,1-2H3,(H,29,34,37). The first kappa shape index (κ1) is 24.4. The lowest BCUT2D eigenvalue weighted by atomic mass is 10.1. The summed E-state index contributed by atoms with van der Waals surface area (Å²) >= 11 is 1.70. The Kier molecular flexibility index (Phi) is 6.07. The van der Waals surface area contributed by atoms with Gasteiger partial charge in [0, 0.05) is 44.0 Å². The lowest BCUT2D eigenvalue weighted by Gasteiger charge is -2.32. The maximum absolute atomic E-state index is 13.1. The van der Waals surface area contributed by atoms with E-state index < -0.39 is 23.8 Å². The summed E-state index contributed by atoms with van der Waals surface area (Å²) in [6.45, 7) is 8.29. The van der Waals surface area contributed by atoms with Crippen LogP contribution in [0.4, 0.5) is 10.6 Å². The summed E-state index contributed by atoms with van der Waals surface area (Å²) in [6.07, 6.45) is 2.64. The highest BCUT2D eigenvalue weighted by Gasteiger charge is 2.43.